The van der Waals surface area contributed by atoms with Crippen LogP contribution in [0.2, 0.25) is 0 Å². The highest BCUT2D eigenvalue weighted by Crippen LogP contribution is 2.43. The van der Waals surface area contributed by atoms with Gasteiger partial charge in [-0.2, -0.15) is 0 Å². The Morgan fingerprint density at radius 3 is 2.65 bits per heavy atom. The summed E-state index contributed by atoms with van der Waals surface area (Å²) in [6.07, 6.45) is 0. The van der Waals surface area contributed by atoms with Gasteiger partial charge in [0, 0.05) is 0 Å². The van der Waals surface area contributed by atoms with Crippen molar-refractivity contribution in [3.63, 3.8) is 0 Å². The van der Waals surface area contributed by atoms with Gasteiger partial charge in [0.15, 0.2) is 5.16 Å². The normalized spacial score (nSPS) is 17.6. The monoisotopic (exact) mass is 280 g/mol. The maximum absolute atomic E-state index is 12.7. The van der Waals surface area contributed by atoms with E-state index in [2.05, 4.69) is 4.98 Å². The lowest BCUT2D eigenvalue weighted by molar-refractivity contribution is 0.0915. The summed E-state index contributed by atoms with van der Waals surface area (Å²) < 4.78 is 1.74. The van der Waals surface area contributed by atoms with Gasteiger partial charge in [0.05, 0.1) is 11.0 Å². The fourth-order valence-corrected chi connectivity index (χ4v) is 3.68. The Hall–Kier alpha value is -2.07. The highest BCUT2D eigenvalue weighted by molar-refractivity contribution is 8.00. The first-order valence-corrected chi connectivity index (χ1v) is 7.37. The van der Waals surface area contributed by atoms with Crippen molar-refractivity contribution in [2.75, 3.05) is 0 Å². The molecule has 3 aromatic rings. The lowest BCUT2D eigenvalue weighted by atomic mass is 10.1. The van der Waals surface area contributed by atoms with Gasteiger partial charge >= 0.3 is 0 Å². The van der Waals surface area contributed by atoms with E-state index in [1.807, 2.05) is 55.5 Å². The predicted octanol–water partition coefficient (Wildman–Crippen LogP) is 3.83. The molecule has 3 nitrogen and oxygen atoms in total. The van der Waals surface area contributed by atoms with Crippen molar-refractivity contribution in [3.8, 4) is 0 Å². The average molecular weight is 280 g/mol. The molecule has 0 spiro atoms. The number of para-hydroxylation sites is 2. The molecule has 2 heterocycles. The van der Waals surface area contributed by atoms with Crippen molar-refractivity contribution in [2.24, 2.45) is 0 Å². The minimum Gasteiger partial charge on any atom is -0.272 e. The van der Waals surface area contributed by atoms with Gasteiger partial charge in [0.25, 0.3) is 5.91 Å². The van der Waals surface area contributed by atoms with Crippen LogP contribution in [0.3, 0.4) is 0 Å². The van der Waals surface area contributed by atoms with E-state index in [1.54, 1.807) is 4.57 Å². The number of benzene rings is 2. The quantitative estimate of drug-likeness (QED) is 0.679. The molecule has 0 amide bonds. The highest BCUT2D eigenvalue weighted by atomic mass is 32.2. The van der Waals surface area contributed by atoms with E-state index in [0.29, 0.717) is 0 Å². The summed E-state index contributed by atoms with van der Waals surface area (Å²) in [4.78, 5) is 17.2. The summed E-state index contributed by atoms with van der Waals surface area (Å²) in [5.74, 6) is 0.0996. The van der Waals surface area contributed by atoms with E-state index in [0.717, 1.165) is 21.8 Å². The molecule has 4 rings (SSSR count). The van der Waals surface area contributed by atoms with Crippen molar-refractivity contribution in [1.29, 1.82) is 0 Å². The standard InChI is InChI=1S/C16H12N2OS/c1-10-6-8-11(9-7-10)14-15(19)18-13-5-3-2-4-12(13)17-16(18)20-14/h2-9,14H,1H3. The second-order valence-corrected chi connectivity index (χ2v) is 6.04. The number of nitrogens with zero attached hydrogens (tertiary/aromatic N) is 2. The van der Waals surface area contributed by atoms with Crippen LogP contribution in [0.25, 0.3) is 11.0 Å². The molecule has 0 radical (unpaired) electrons. The summed E-state index contributed by atoms with van der Waals surface area (Å²) in [6.45, 7) is 2.05. The summed E-state index contributed by atoms with van der Waals surface area (Å²) in [5, 5.41) is 0.615. The summed E-state index contributed by atoms with van der Waals surface area (Å²) in [5.41, 5.74) is 4.02. The molecule has 0 bridgehead atoms. The van der Waals surface area contributed by atoms with Crippen LogP contribution in [0.5, 0.6) is 0 Å². The summed E-state index contributed by atoms with van der Waals surface area (Å²) >= 11 is 1.53. The second-order valence-electron chi connectivity index (χ2n) is 4.97. The fourth-order valence-electron chi connectivity index (χ4n) is 2.52. The number of hydrogen-bond donors (Lipinski definition) is 0. The van der Waals surface area contributed by atoms with Gasteiger partial charge in [-0.05, 0) is 24.6 Å². The Bertz CT molecular complexity index is 820. The fraction of sp³-hybridized carbons (Fsp3) is 0.125. The van der Waals surface area contributed by atoms with Gasteiger partial charge in [-0.15, -0.1) is 0 Å². The first-order valence-electron chi connectivity index (χ1n) is 6.49. The Balaban J connectivity index is 1.81. The van der Waals surface area contributed by atoms with Crippen molar-refractivity contribution in [2.45, 2.75) is 17.3 Å². The lowest BCUT2D eigenvalue weighted by Gasteiger charge is -2.07. The molecule has 1 aliphatic heterocycles. The van der Waals surface area contributed by atoms with Gasteiger partial charge in [0.1, 0.15) is 5.25 Å². The van der Waals surface area contributed by atoms with Crippen LogP contribution in [0.1, 0.15) is 21.2 Å². The zero-order valence-electron chi connectivity index (χ0n) is 10.9. The number of fused-ring (bicyclic) bond motifs is 3. The number of carbonyl (C=O) groups excluding carboxylic acids is 1. The third-order valence-electron chi connectivity index (χ3n) is 3.58. The Morgan fingerprint density at radius 1 is 1.10 bits per heavy atom. The molecule has 4 heteroatoms. The highest BCUT2D eigenvalue weighted by Gasteiger charge is 2.35. The molecule has 0 fully saturated rings. The lowest BCUT2D eigenvalue weighted by Crippen LogP contribution is -2.11. The van der Waals surface area contributed by atoms with Crippen molar-refractivity contribution in [1.82, 2.24) is 9.55 Å². The minimum absolute atomic E-state index is 0.0996. The van der Waals surface area contributed by atoms with E-state index < -0.39 is 0 Å². The van der Waals surface area contributed by atoms with Crippen molar-refractivity contribution in [3.05, 3.63) is 59.7 Å². The molecule has 0 N–H and O–H groups in total. The zero-order valence-corrected chi connectivity index (χ0v) is 11.7. The number of thioether (sulfide) groups is 1. The number of hydrogen-bond acceptors (Lipinski definition) is 3. The molecular formula is C16H12N2OS. The number of rotatable bonds is 1. The molecule has 0 saturated heterocycles. The number of aromatic nitrogens is 2. The smallest absolute Gasteiger partial charge is 0.251 e. The molecular weight excluding hydrogens is 268 g/mol. The molecule has 2 aromatic carbocycles. The van der Waals surface area contributed by atoms with Crippen LogP contribution in [0.15, 0.2) is 53.7 Å². The molecule has 0 saturated carbocycles. The largest absolute Gasteiger partial charge is 0.272 e. The van der Waals surface area contributed by atoms with Crippen LogP contribution >= 0.6 is 11.8 Å². The van der Waals surface area contributed by atoms with E-state index in [9.17, 15) is 4.79 Å². The van der Waals surface area contributed by atoms with Crippen LogP contribution < -0.4 is 0 Å². The van der Waals surface area contributed by atoms with Gasteiger partial charge in [-0.3, -0.25) is 9.36 Å². The number of aryl methyl sites for hydroxylation is 1. The van der Waals surface area contributed by atoms with E-state index >= 15 is 0 Å². The first-order chi connectivity index (χ1) is 9.74. The predicted molar refractivity (Wildman–Crippen MR) is 80.1 cm³/mol. The van der Waals surface area contributed by atoms with E-state index in [-0.39, 0.29) is 11.2 Å². The minimum atomic E-state index is -0.178. The molecule has 0 aliphatic carbocycles. The molecule has 98 valence electrons. The van der Waals surface area contributed by atoms with Crippen LogP contribution in [0.4, 0.5) is 0 Å². The first kappa shape index (κ1) is 11.7. The Morgan fingerprint density at radius 2 is 1.85 bits per heavy atom. The topological polar surface area (TPSA) is 34.9 Å². The van der Waals surface area contributed by atoms with Crippen molar-refractivity contribution >= 4 is 28.7 Å². The maximum Gasteiger partial charge on any atom is 0.251 e. The SMILES string of the molecule is Cc1ccc(C2Sc3nc4ccccc4n3C2=O)cc1. The third-order valence-corrected chi connectivity index (χ3v) is 4.77. The van der Waals surface area contributed by atoms with Gasteiger partial charge in [0.2, 0.25) is 0 Å². The number of carbonyl (C=O) groups is 1. The Labute approximate surface area is 120 Å². The molecule has 20 heavy (non-hydrogen) atoms. The second kappa shape index (κ2) is 4.21. The summed E-state index contributed by atoms with van der Waals surface area (Å²) in [7, 11) is 0. The third kappa shape index (κ3) is 1.61. The van der Waals surface area contributed by atoms with Crippen molar-refractivity contribution < 1.29 is 4.79 Å². The van der Waals surface area contributed by atoms with Gasteiger partial charge < -0.3 is 0 Å². The number of imidazole rings is 1. The molecule has 1 unspecified atom stereocenters. The van der Waals surface area contributed by atoms with Gasteiger partial charge in [-0.25, -0.2) is 4.98 Å². The zero-order chi connectivity index (χ0) is 13.7. The Kier molecular flexibility index (Phi) is 2.47. The van der Waals surface area contributed by atoms with E-state index in [4.69, 9.17) is 0 Å². The van der Waals surface area contributed by atoms with Gasteiger partial charge in [-0.1, -0.05) is 53.7 Å². The molecule has 1 aromatic heterocycles. The van der Waals surface area contributed by atoms with Crippen LogP contribution in [0, 0.1) is 6.92 Å². The molecule has 1 aliphatic rings. The van der Waals surface area contributed by atoms with E-state index in [1.165, 1.54) is 17.3 Å². The maximum atomic E-state index is 12.7. The molecule has 1 atom stereocenters. The van der Waals surface area contributed by atoms with Crippen LogP contribution in [-0.2, 0) is 0 Å². The average Bonchev–Trinajstić information content (AvgIpc) is 2.97. The summed E-state index contributed by atoms with van der Waals surface area (Å²) in [6, 6.07) is 15.9. The van der Waals surface area contributed by atoms with Crippen LogP contribution in [-0.4, -0.2) is 15.5 Å².